The minimum atomic E-state index is 0.434. The molecule has 3 aromatic heterocycles. The van der Waals surface area contributed by atoms with E-state index in [-0.39, 0.29) is 0 Å². The number of nitrogens with zero attached hydrogens (tertiary/aromatic N) is 6. The van der Waals surface area contributed by atoms with Gasteiger partial charge in [-0.2, -0.15) is 0 Å². The van der Waals surface area contributed by atoms with Gasteiger partial charge in [-0.25, -0.2) is 24.6 Å². The maximum atomic E-state index is 7.73. The zero-order chi connectivity index (χ0) is 40.2. The van der Waals surface area contributed by atoms with Gasteiger partial charge in [0.2, 0.25) is 0 Å². The molecule has 0 bridgehead atoms. The molecule has 0 saturated heterocycles. The number of aromatic nitrogens is 4. The van der Waals surface area contributed by atoms with E-state index in [1.165, 1.54) is 20.2 Å². The summed E-state index contributed by atoms with van der Waals surface area (Å²) < 4.78 is 4.78. The Morgan fingerprint density at radius 2 is 1.00 bits per heavy atom. The SMILES string of the molecule is [C-]#[N+]c1cc([N+]#[C-])cc(-c2ccc3c4ccccc4n(-c4ccc(-c5cccc6c5sc5ccccc56)cc4-c4nc(-c5ccccc5)nc(-c5ccccc5)n4)c3c2)c1. The van der Waals surface area contributed by atoms with Gasteiger partial charge in [-0.1, -0.05) is 152 Å². The third-order valence-corrected chi connectivity index (χ3v) is 12.3. The van der Waals surface area contributed by atoms with Crippen molar-refractivity contribution in [3.05, 3.63) is 205 Å². The van der Waals surface area contributed by atoms with Gasteiger partial charge >= 0.3 is 0 Å². The molecule has 0 aliphatic rings. The van der Waals surface area contributed by atoms with Crippen molar-refractivity contribution in [1.82, 2.24) is 19.5 Å². The van der Waals surface area contributed by atoms with Crippen molar-refractivity contribution in [2.24, 2.45) is 0 Å². The Labute approximate surface area is 349 Å². The van der Waals surface area contributed by atoms with Crippen molar-refractivity contribution in [1.29, 1.82) is 0 Å². The second kappa shape index (κ2) is 14.3. The number of thiophene rings is 1. The van der Waals surface area contributed by atoms with Crippen LogP contribution in [0.1, 0.15) is 0 Å². The lowest BCUT2D eigenvalue weighted by Crippen LogP contribution is -2.04. The minimum Gasteiger partial charge on any atom is -0.308 e. The summed E-state index contributed by atoms with van der Waals surface area (Å²) in [6, 6.07) is 62.1. The van der Waals surface area contributed by atoms with Crippen LogP contribution < -0.4 is 0 Å². The van der Waals surface area contributed by atoms with Crippen LogP contribution in [-0.4, -0.2) is 19.5 Å². The summed E-state index contributed by atoms with van der Waals surface area (Å²) in [7, 11) is 0. The lowest BCUT2D eigenvalue weighted by Gasteiger charge is -2.17. The van der Waals surface area contributed by atoms with E-state index in [2.05, 4.69) is 117 Å². The van der Waals surface area contributed by atoms with Crippen LogP contribution in [0.15, 0.2) is 182 Å². The van der Waals surface area contributed by atoms with Gasteiger partial charge in [-0.3, -0.25) is 0 Å². The third-order valence-electron chi connectivity index (χ3n) is 11.1. The Hall–Kier alpha value is -8.23. The summed E-state index contributed by atoms with van der Waals surface area (Å²) in [5.41, 5.74) is 10.4. The second-order valence-electron chi connectivity index (χ2n) is 14.6. The number of hydrogen-bond donors (Lipinski definition) is 0. The zero-order valence-corrected chi connectivity index (χ0v) is 32.7. The minimum absolute atomic E-state index is 0.434. The molecule has 278 valence electrons. The summed E-state index contributed by atoms with van der Waals surface area (Å²) in [6.45, 7) is 15.5. The Balaban J connectivity index is 1.22. The van der Waals surface area contributed by atoms with Gasteiger partial charge in [0.1, 0.15) is 0 Å². The molecule has 0 radical (unpaired) electrons. The first kappa shape index (κ1) is 35.0. The van der Waals surface area contributed by atoms with E-state index in [9.17, 15) is 0 Å². The number of hydrogen-bond acceptors (Lipinski definition) is 4. The summed E-state index contributed by atoms with van der Waals surface area (Å²) in [6.07, 6.45) is 0. The van der Waals surface area contributed by atoms with Crippen LogP contribution in [0.25, 0.3) is 114 Å². The van der Waals surface area contributed by atoms with Crippen LogP contribution >= 0.6 is 11.3 Å². The molecule has 0 atom stereocenters. The highest BCUT2D eigenvalue weighted by Gasteiger charge is 2.22. The van der Waals surface area contributed by atoms with E-state index in [4.69, 9.17) is 28.1 Å². The summed E-state index contributed by atoms with van der Waals surface area (Å²) in [5.74, 6) is 1.72. The average Bonchev–Trinajstić information content (AvgIpc) is 3.87. The molecule has 60 heavy (non-hydrogen) atoms. The first-order chi connectivity index (χ1) is 29.6. The predicted molar refractivity (Wildman–Crippen MR) is 247 cm³/mol. The first-order valence-corrected chi connectivity index (χ1v) is 20.3. The fourth-order valence-electron chi connectivity index (χ4n) is 8.28. The smallest absolute Gasteiger partial charge is 0.177 e. The molecule has 0 saturated carbocycles. The highest BCUT2D eigenvalue weighted by atomic mass is 32.1. The molecular formula is C53H30N6S. The van der Waals surface area contributed by atoms with Crippen LogP contribution in [0.3, 0.4) is 0 Å². The molecule has 6 nitrogen and oxygen atoms in total. The molecule has 0 N–H and O–H groups in total. The van der Waals surface area contributed by atoms with E-state index in [0.29, 0.717) is 28.8 Å². The summed E-state index contributed by atoms with van der Waals surface area (Å²) in [5, 5.41) is 4.67. The molecule has 11 rings (SSSR count). The topological polar surface area (TPSA) is 52.3 Å². The van der Waals surface area contributed by atoms with Crippen LogP contribution in [0, 0.1) is 13.1 Å². The standard InChI is InChI=1S/C53H30N6S/c1-54-38-28-37(29-39(32-38)55-2)35-24-26-42-41-18-9-11-22-46(41)59(48(42)31-35)47-27-25-36(40-20-13-21-44-43-19-10-12-23-49(43)60-50(40)44)30-45(47)53-57-51(33-14-5-3-6-15-33)56-52(58-53)34-16-7-4-8-17-34/h3-32H. The van der Waals surface area contributed by atoms with Gasteiger partial charge in [0, 0.05) is 47.6 Å². The molecule has 7 heteroatoms. The normalized spacial score (nSPS) is 11.3. The van der Waals surface area contributed by atoms with Gasteiger partial charge in [0.15, 0.2) is 28.8 Å². The maximum Gasteiger partial charge on any atom is 0.177 e. The monoisotopic (exact) mass is 782 g/mol. The molecule has 0 aliphatic heterocycles. The summed E-state index contributed by atoms with van der Waals surface area (Å²) >= 11 is 1.81. The Kier molecular flexibility index (Phi) is 8.34. The molecular weight excluding hydrogens is 753 g/mol. The van der Waals surface area contributed by atoms with Crippen LogP contribution in [-0.2, 0) is 0 Å². The van der Waals surface area contributed by atoms with E-state index < -0.39 is 0 Å². The largest absolute Gasteiger partial charge is 0.308 e. The fraction of sp³-hybridized carbons (Fsp3) is 0. The van der Waals surface area contributed by atoms with E-state index >= 15 is 0 Å². The van der Waals surface area contributed by atoms with E-state index in [0.717, 1.165) is 66.4 Å². The Morgan fingerprint density at radius 3 is 1.72 bits per heavy atom. The lowest BCUT2D eigenvalue weighted by atomic mass is 9.99. The first-order valence-electron chi connectivity index (χ1n) is 19.5. The van der Waals surface area contributed by atoms with Crippen LogP contribution in [0.2, 0.25) is 0 Å². The van der Waals surface area contributed by atoms with Crippen molar-refractivity contribution >= 4 is 64.7 Å². The van der Waals surface area contributed by atoms with E-state index in [1.807, 2.05) is 84.1 Å². The van der Waals surface area contributed by atoms with Crippen molar-refractivity contribution in [2.45, 2.75) is 0 Å². The van der Waals surface area contributed by atoms with Gasteiger partial charge in [0.05, 0.1) is 29.9 Å². The quantitative estimate of drug-likeness (QED) is 0.158. The van der Waals surface area contributed by atoms with Gasteiger partial charge in [-0.05, 0) is 52.6 Å². The van der Waals surface area contributed by atoms with Crippen molar-refractivity contribution in [2.75, 3.05) is 0 Å². The lowest BCUT2D eigenvalue weighted by molar-refractivity contribution is 1.06. The Bertz CT molecular complexity index is 3480. The van der Waals surface area contributed by atoms with Gasteiger partial charge in [-0.15, -0.1) is 11.3 Å². The van der Waals surface area contributed by atoms with Crippen LogP contribution in [0.5, 0.6) is 0 Å². The van der Waals surface area contributed by atoms with E-state index in [1.54, 1.807) is 6.07 Å². The number of para-hydroxylation sites is 1. The number of benzene rings is 8. The molecule has 0 aliphatic carbocycles. The predicted octanol–water partition coefficient (Wildman–Crippen LogP) is 14.8. The zero-order valence-electron chi connectivity index (χ0n) is 31.9. The van der Waals surface area contributed by atoms with Crippen molar-refractivity contribution < 1.29 is 0 Å². The molecule has 11 aromatic rings. The number of fused-ring (bicyclic) bond motifs is 6. The molecule has 8 aromatic carbocycles. The Morgan fingerprint density at radius 1 is 0.400 bits per heavy atom. The average molecular weight is 783 g/mol. The van der Waals surface area contributed by atoms with Gasteiger partial charge < -0.3 is 4.57 Å². The molecule has 0 spiro atoms. The molecule has 0 fully saturated rings. The van der Waals surface area contributed by atoms with Crippen molar-refractivity contribution in [3.63, 3.8) is 0 Å². The highest BCUT2D eigenvalue weighted by molar-refractivity contribution is 7.26. The second-order valence-corrected chi connectivity index (χ2v) is 15.6. The summed E-state index contributed by atoms with van der Waals surface area (Å²) in [4.78, 5) is 22.9. The molecule has 3 heterocycles. The fourth-order valence-corrected chi connectivity index (χ4v) is 9.52. The molecule has 0 amide bonds. The van der Waals surface area contributed by atoms with Crippen molar-refractivity contribution in [3.8, 4) is 62.1 Å². The molecule has 0 unspecified atom stereocenters. The maximum absolute atomic E-state index is 7.73. The van der Waals surface area contributed by atoms with Crippen LogP contribution in [0.4, 0.5) is 11.4 Å². The van der Waals surface area contributed by atoms with Gasteiger partial charge in [0.25, 0.3) is 0 Å². The third kappa shape index (κ3) is 5.89. The highest BCUT2D eigenvalue weighted by Crippen LogP contribution is 2.43. The number of rotatable bonds is 6.